The molecule has 0 radical (unpaired) electrons. The predicted molar refractivity (Wildman–Crippen MR) is 47.2 cm³/mol. The number of hydrogen-bond donors (Lipinski definition) is 1. The predicted octanol–water partition coefficient (Wildman–Crippen LogP) is 0.190. The first kappa shape index (κ1) is 8.39. The van der Waals surface area contributed by atoms with Gasteiger partial charge >= 0.3 is 0 Å². The molecule has 0 aromatic rings. The first-order chi connectivity index (χ1) is 4.75. The van der Waals surface area contributed by atoms with E-state index >= 15 is 0 Å². The molecular weight excluding hydrogens is 166 g/mol. The Hall–Kier alpha value is 0.290. The Balaban J connectivity index is 2.41. The van der Waals surface area contributed by atoms with Crippen LogP contribution in [0, 0.1) is 0 Å². The molecule has 10 heavy (non-hydrogen) atoms. The number of carbonyl (C=O) groups excluding carboxylic acids is 1. The van der Waals surface area contributed by atoms with Crippen LogP contribution in [0.15, 0.2) is 0 Å². The van der Waals surface area contributed by atoms with Crippen molar-refractivity contribution in [3.05, 3.63) is 0 Å². The summed E-state index contributed by atoms with van der Waals surface area (Å²) < 4.78 is 0. The second kappa shape index (κ2) is 3.61. The second-order valence-corrected chi connectivity index (χ2v) is 3.83. The summed E-state index contributed by atoms with van der Waals surface area (Å²) in [6.45, 7) is 0.894. The molecule has 1 aliphatic heterocycles. The Morgan fingerprint density at radius 1 is 1.90 bits per heavy atom. The van der Waals surface area contributed by atoms with Crippen LogP contribution < -0.4 is 5.09 Å². The smallest absolute Gasteiger partial charge is 0.239 e. The zero-order chi connectivity index (χ0) is 7.56. The molecule has 1 heterocycles. The topological polar surface area (TPSA) is 32.3 Å². The van der Waals surface area contributed by atoms with Crippen LogP contribution in [0.2, 0.25) is 0 Å². The van der Waals surface area contributed by atoms with Gasteiger partial charge < -0.3 is 4.90 Å². The quantitative estimate of drug-likeness (QED) is 0.612. The lowest BCUT2D eigenvalue weighted by Crippen LogP contribution is -2.31. The van der Waals surface area contributed by atoms with Crippen LogP contribution in [0.5, 0.6) is 0 Å². The van der Waals surface area contributed by atoms with Gasteiger partial charge in [-0.2, -0.15) is 0 Å². The number of nitrogens with zero attached hydrogens (tertiary/aromatic N) is 1. The van der Waals surface area contributed by atoms with Crippen LogP contribution in [0.1, 0.15) is 6.42 Å². The van der Waals surface area contributed by atoms with Gasteiger partial charge in [-0.25, -0.2) is 0 Å². The van der Waals surface area contributed by atoms with Gasteiger partial charge in [0.15, 0.2) is 0 Å². The van der Waals surface area contributed by atoms with Gasteiger partial charge in [-0.3, -0.25) is 9.88 Å². The molecular formula is C5H12N2OP2. The minimum atomic E-state index is 0.0841. The van der Waals surface area contributed by atoms with Crippen molar-refractivity contribution in [1.82, 2.24) is 9.99 Å². The molecule has 1 fully saturated rings. The molecule has 58 valence electrons. The molecule has 1 amide bonds. The van der Waals surface area contributed by atoms with Crippen LogP contribution >= 0.6 is 17.3 Å². The maximum Gasteiger partial charge on any atom is 0.239 e. The molecule has 1 N–H and O–H groups in total. The third-order valence-corrected chi connectivity index (χ3v) is 2.70. The fraction of sp³-hybridized carbons (Fsp3) is 0.800. The van der Waals surface area contributed by atoms with Crippen LogP contribution in [0.25, 0.3) is 0 Å². The normalized spacial score (nSPS) is 27.2. The van der Waals surface area contributed by atoms with Crippen molar-refractivity contribution in [3.63, 3.8) is 0 Å². The van der Waals surface area contributed by atoms with Crippen molar-refractivity contribution in [2.75, 3.05) is 13.6 Å². The van der Waals surface area contributed by atoms with Crippen molar-refractivity contribution >= 4 is 23.3 Å². The van der Waals surface area contributed by atoms with Gasteiger partial charge in [0.25, 0.3) is 0 Å². The Labute approximate surface area is 64.9 Å². The number of likely N-dealkylation sites (N-methyl/N-ethyl adjacent to an activating group) is 1. The van der Waals surface area contributed by atoms with E-state index in [2.05, 4.69) is 14.0 Å². The molecule has 1 aliphatic rings. The standard InChI is InChI=1S/C5H12N2OP2/c1-7-3-2-4(5(7)8)6-10-9/h4,6,10H,2-3,9H2,1H3. The summed E-state index contributed by atoms with van der Waals surface area (Å²) >= 11 is 0. The third kappa shape index (κ3) is 1.66. The van der Waals surface area contributed by atoms with Gasteiger partial charge in [0.1, 0.15) is 0 Å². The van der Waals surface area contributed by atoms with Crippen LogP contribution in [0.3, 0.4) is 0 Å². The van der Waals surface area contributed by atoms with E-state index in [0.717, 1.165) is 13.0 Å². The number of hydrogen-bond acceptors (Lipinski definition) is 2. The molecule has 1 saturated heterocycles. The highest BCUT2D eigenvalue weighted by molar-refractivity contribution is 8.01. The molecule has 0 saturated carbocycles. The van der Waals surface area contributed by atoms with Gasteiger partial charge in [0.05, 0.1) is 6.04 Å². The number of carbonyl (C=O) groups is 1. The molecule has 0 aliphatic carbocycles. The first-order valence-corrected chi connectivity index (χ1v) is 6.02. The van der Waals surface area contributed by atoms with E-state index in [0.29, 0.717) is 8.42 Å². The summed E-state index contributed by atoms with van der Waals surface area (Å²) in [4.78, 5) is 12.9. The Bertz CT molecular complexity index is 140. The Morgan fingerprint density at radius 2 is 2.60 bits per heavy atom. The monoisotopic (exact) mass is 178 g/mol. The fourth-order valence-electron chi connectivity index (χ4n) is 1.06. The highest BCUT2D eigenvalue weighted by atomic mass is 32.0. The summed E-state index contributed by atoms with van der Waals surface area (Å²) in [5, 5.41) is 3.12. The minimum Gasteiger partial charge on any atom is -0.344 e. The van der Waals surface area contributed by atoms with Gasteiger partial charge in [-0.1, -0.05) is 8.93 Å². The van der Waals surface area contributed by atoms with E-state index in [-0.39, 0.29) is 11.9 Å². The van der Waals surface area contributed by atoms with Crippen molar-refractivity contribution < 1.29 is 4.79 Å². The highest BCUT2D eigenvalue weighted by Crippen LogP contribution is 2.19. The second-order valence-electron chi connectivity index (χ2n) is 2.39. The van der Waals surface area contributed by atoms with Crippen molar-refractivity contribution in [3.8, 4) is 0 Å². The third-order valence-electron chi connectivity index (χ3n) is 1.69. The van der Waals surface area contributed by atoms with E-state index in [1.165, 1.54) is 0 Å². The number of rotatable bonds is 2. The summed E-state index contributed by atoms with van der Waals surface area (Å²) in [5.74, 6) is 0.231. The van der Waals surface area contributed by atoms with Gasteiger partial charge in [-0.05, 0) is 14.8 Å². The van der Waals surface area contributed by atoms with Gasteiger partial charge in [0, 0.05) is 13.6 Å². The van der Waals surface area contributed by atoms with Crippen LogP contribution in [0.4, 0.5) is 0 Å². The number of likely N-dealkylation sites (tertiary alicyclic amines) is 1. The largest absolute Gasteiger partial charge is 0.344 e. The summed E-state index contributed by atoms with van der Waals surface area (Å²) in [7, 11) is 5.01. The molecule has 3 nitrogen and oxygen atoms in total. The molecule has 0 bridgehead atoms. The summed E-state index contributed by atoms with van der Waals surface area (Å²) in [6, 6.07) is 0.0841. The Kier molecular flexibility index (Phi) is 3.03. The zero-order valence-corrected chi connectivity index (χ0v) is 8.08. The summed E-state index contributed by atoms with van der Waals surface area (Å²) in [6.07, 6.45) is 0.955. The van der Waals surface area contributed by atoms with Crippen molar-refractivity contribution in [1.29, 1.82) is 0 Å². The van der Waals surface area contributed by atoms with E-state index < -0.39 is 0 Å². The minimum absolute atomic E-state index is 0.0841. The average Bonchev–Trinajstić information content (AvgIpc) is 2.20. The molecule has 0 spiro atoms. The molecule has 0 aromatic carbocycles. The molecule has 5 heteroatoms. The SMILES string of the molecule is CN1CCC(NPP)C1=O. The van der Waals surface area contributed by atoms with Gasteiger partial charge in [-0.15, -0.1) is 0 Å². The van der Waals surface area contributed by atoms with Crippen LogP contribution in [-0.2, 0) is 4.79 Å². The van der Waals surface area contributed by atoms with E-state index in [9.17, 15) is 4.79 Å². The first-order valence-electron chi connectivity index (χ1n) is 3.22. The van der Waals surface area contributed by atoms with Crippen molar-refractivity contribution in [2.45, 2.75) is 12.5 Å². The average molecular weight is 178 g/mol. The lowest BCUT2D eigenvalue weighted by Gasteiger charge is -2.09. The maximum absolute atomic E-state index is 11.2. The van der Waals surface area contributed by atoms with Crippen molar-refractivity contribution in [2.24, 2.45) is 0 Å². The van der Waals surface area contributed by atoms with Gasteiger partial charge in [0.2, 0.25) is 5.91 Å². The molecule has 0 aromatic heterocycles. The number of nitrogens with one attached hydrogen (secondary N) is 1. The molecule has 3 atom stereocenters. The summed E-state index contributed by atoms with van der Waals surface area (Å²) in [5.41, 5.74) is 0. The lowest BCUT2D eigenvalue weighted by atomic mass is 10.3. The lowest BCUT2D eigenvalue weighted by molar-refractivity contribution is -0.127. The van der Waals surface area contributed by atoms with Crippen LogP contribution in [-0.4, -0.2) is 30.4 Å². The molecule has 1 rings (SSSR count). The Morgan fingerprint density at radius 3 is 3.00 bits per heavy atom. The van der Waals surface area contributed by atoms with E-state index in [1.54, 1.807) is 4.90 Å². The fourth-order valence-corrected chi connectivity index (χ4v) is 2.13. The highest BCUT2D eigenvalue weighted by Gasteiger charge is 2.27. The van der Waals surface area contributed by atoms with E-state index in [4.69, 9.17) is 0 Å². The van der Waals surface area contributed by atoms with E-state index in [1.807, 2.05) is 7.05 Å². The number of amides is 1. The maximum atomic E-state index is 11.2. The molecule has 3 unspecified atom stereocenters. The zero-order valence-electron chi connectivity index (χ0n) is 5.92.